The first kappa shape index (κ1) is 20.3. The number of carbonyl (C=O) groups excluding carboxylic acids is 3. The number of hydrogen-bond donors (Lipinski definition) is 1. The lowest BCUT2D eigenvalue weighted by atomic mass is 9.98. The summed E-state index contributed by atoms with van der Waals surface area (Å²) < 4.78 is 11.0. The van der Waals surface area contributed by atoms with E-state index in [-0.39, 0.29) is 29.6 Å². The van der Waals surface area contributed by atoms with Crippen LogP contribution in [-0.2, 0) is 9.59 Å². The fraction of sp³-hybridized carbons (Fsp3) is 0.300. The number of aromatic nitrogens is 1. The Balaban J connectivity index is 1.74. The third-order valence-corrected chi connectivity index (χ3v) is 5.00. The summed E-state index contributed by atoms with van der Waals surface area (Å²) in [6.45, 7) is 4.46. The minimum Gasteiger partial charge on any atom is -0.482 e. The highest BCUT2D eigenvalue weighted by atomic mass is 16.6. The van der Waals surface area contributed by atoms with Crippen molar-refractivity contribution >= 4 is 34.9 Å². The molecule has 11 heteroatoms. The van der Waals surface area contributed by atoms with Crippen LogP contribution in [0.3, 0.4) is 0 Å². The Morgan fingerprint density at radius 2 is 1.97 bits per heavy atom. The summed E-state index contributed by atoms with van der Waals surface area (Å²) in [6.07, 6.45) is 0. The van der Waals surface area contributed by atoms with Crippen molar-refractivity contribution in [1.82, 2.24) is 4.98 Å². The first-order valence-electron chi connectivity index (χ1n) is 9.37. The van der Waals surface area contributed by atoms with Crippen LogP contribution < -0.4 is 19.7 Å². The van der Waals surface area contributed by atoms with Gasteiger partial charge in [-0.3, -0.25) is 19.3 Å². The van der Waals surface area contributed by atoms with E-state index in [2.05, 4.69) is 10.3 Å². The summed E-state index contributed by atoms with van der Waals surface area (Å²) in [5.41, 5.74) is -0.741. The maximum absolute atomic E-state index is 13.2. The van der Waals surface area contributed by atoms with Gasteiger partial charge in [-0.2, -0.15) is 0 Å². The zero-order valence-corrected chi connectivity index (χ0v) is 16.9. The first-order chi connectivity index (χ1) is 14.6. The summed E-state index contributed by atoms with van der Waals surface area (Å²) >= 11 is 0. The highest BCUT2D eigenvalue weighted by Crippen LogP contribution is 2.39. The molecule has 3 heterocycles. The van der Waals surface area contributed by atoms with Crippen LogP contribution in [0.4, 0.5) is 17.3 Å². The molecule has 31 heavy (non-hydrogen) atoms. The zero-order valence-electron chi connectivity index (χ0n) is 16.9. The number of nitro groups is 1. The van der Waals surface area contributed by atoms with Crippen LogP contribution in [0.2, 0.25) is 0 Å². The molecule has 2 aliphatic heterocycles. The van der Waals surface area contributed by atoms with Crippen LogP contribution in [0, 0.1) is 10.1 Å². The molecule has 1 atom stereocenters. The molecule has 2 amide bonds. The molecule has 160 valence electrons. The number of carbonyl (C=O) groups is 3. The molecule has 1 aromatic heterocycles. The second kappa shape index (κ2) is 7.04. The maximum Gasteiger partial charge on any atom is 0.366 e. The third-order valence-electron chi connectivity index (χ3n) is 5.00. The molecule has 1 aromatic carbocycles. The molecule has 0 fully saturated rings. The van der Waals surface area contributed by atoms with Gasteiger partial charge in [0.25, 0.3) is 17.6 Å². The summed E-state index contributed by atoms with van der Waals surface area (Å²) in [7, 11) is 0. The van der Waals surface area contributed by atoms with Gasteiger partial charge in [-0.05, 0) is 54.9 Å². The van der Waals surface area contributed by atoms with Gasteiger partial charge < -0.3 is 24.9 Å². The van der Waals surface area contributed by atoms with Crippen molar-refractivity contribution in [1.29, 1.82) is 0 Å². The highest BCUT2D eigenvalue weighted by molar-refractivity contribution is 6.11. The van der Waals surface area contributed by atoms with Gasteiger partial charge in [0.2, 0.25) is 0 Å². The molecule has 0 aliphatic carbocycles. The highest BCUT2D eigenvalue weighted by Gasteiger charge is 2.47. The smallest absolute Gasteiger partial charge is 0.366 e. The van der Waals surface area contributed by atoms with E-state index in [1.807, 2.05) is 0 Å². The van der Waals surface area contributed by atoms with Crippen LogP contribution >= 0.6 is 0 Å². The van der Waals surface area contributed by atoms with Crippen LogP contribution in [0.25, 0.3) is 0 Å². The summed E-state index contributed by atoms with van der Waals surface area (Å²) in [5, 5.41) is 13.8. The Morgan fingerprint density at radius 1 is 1.26 bits per heavy atom. The zero-order chi connectivity index (χ0) is 22.5. The van der Waals surface area contributed by atoms with E-state index in [0.717, 1.165) is 4.90 Å². The van der Waals surface area contributed by atoms with E-state index in [1.54, 1.807) is 6.07 Å². The number of Topliss-reactive ketones (excluding diaryl/α,β-unsaturated/α-hetero) is 1. The first-order valence-corrected chi connectivity index (χ1v) is 9.37. The lowest BCUT2D eigenvalue weighted by Gasteiger charge is -2.38. The number of hydrogen-bond acceptors (Lipinski definition) is 8. The number of fused-ring (bicyclic) bond motifs is 2. The fourth-order valence-corrected chi connectivity index (χ4v) is 3.44. The monoisotopic (exact) mass is 426 g/mol. The molecule has 4 rings (SSSR count). The van der Waals surface area contributed by atoms with Crippen molar-refractivity contribution in [2.45, 2.75) is 32.4 Å². The Hall–Kier alpha value is -4.02. The van der Waals surface area contributed by atoms with Crippen LogP contribution in [0.15, 0.2) is 30.3 Å². The molecule has 0 saturated carbocycles. The van der Waals surface area contributed by atoms with E-state index >= 15 is 0 Å². The third kappa shape index (κ3) is 3.43. The molecule has 2 aliphatic rings. The fourth-order valence-electron chi connectivity index (χ4n) is 3.44. The SMILES string of the molecule is CC(C(=O)c1ccc2c(c1)NC(=O)CO2)N1C(=O)C(C)(C)Oc2ccc([N+](=O)[O-])nc21. The van der Waals surface area contributed by atoms with Gasteiger partial charge in [-0.15, -0.1) is 0 Å². The standard InChI is InChI=1S/C20H18N4O7/c1-10(17(26)11-4-5-13-12(8-11)21-16(25)9-30-13)23-18-14(31-20(2,3)19(23)27)6-7-15(22-18)24(28)29/h4-8,10H,9H2,1-3H3,(H,21,25). The van der Waals surface area contributed by atoms with Crippen LogP contribution in [0.1, 0.15) is 31.1 Å². The molecule has 1 unspecified atom stereocenters. The van der Waals surface area contributed by atoms with Gasteiger partial charge in [0.05, 0.1) is 5.69 Å². The Morgan fingerprint density at radius 3 is 2.68 bits per heavy atom. The quantitative estimate of drug-likeness (QED) is 0.445. The number of pyridine rings is 1. The van der Waals surface area contributed by atoms with Gasteiger partial charge in [-0.1, -0.05) is 0 Å². The lowest BCUT2D eigenvalue weighted by molar-refractivity contribution is -0.389. The van der Waals surface area contributed by atoms with Crippen molar-refractivity contribution in [2.24, 2.45) is 0 Å². The van der Waals surface area contributed by atoms with Gasteiger partial charge >= 0.3 is 5.82 Å². The molecule has 11 nitrogen and oxygen atoms in total. The molecule has 0 saturated heterocycles. The Kier molecular flexibility index (Phi) is 4.60. The molecule has 0 radical (unpaired) electrons. The minimum absolute atomic E-state index is 0.103. The van der Waals surface area contributed by atoms with Crippen LogP contribution in [0.5, 0.6) is 11.5 Å². The van der Waals surface area contributed by atoms with Crippen molar-refractivity contribution < 1.29 is 28.8 Å². The van der Waals surface area contributed by atoms with Crippen molar-refractivity contribution in [2.75, 3.05) is 16.8 Å². The Bertz CT molecular complexity index is 1140. The summed E-state index contributed by atoms with van der Waals surface area (Å²) in [4.78, 5) is 53.5. The van der Waals surface area contributed by atoms with Crippen molar-refractivity contribution in [3.05, 3.63) is 46.0 Å². The van der Waals surface area contributed by atoms with E-state index in [0.29, 0.717) is 11.4 Å². The number of nitrogens with one attached hydrogen (secondary N) is 1. The number of benzene rings is 1. The van der Waals surface area contributed by atoms with Gasteiger partial charge in [0.1, 0.15) is 11.8 Å². The largest absolute Gasteiger partial charge is 0.482 e. The van der Waals surface area contributed by atoms with Crippen LogP contribution in [-0.4, -0.2) is 45.8 Å². The number of anilines is 2. The number of nitrogens with zero attached hydrogens (tertiary/aromatic N) is 3. The van der Waals surface area contributed by atoms with E-state index in [1.165, 1.54) is 45.0 Å². The van der Waals surface area contributed by atoms with Crippen molar-refractivity contribution in [3.8, 4) is 11.5 Å². The molecular formula is C20H18N4O7. The minimum atomic E-state index is -1.31. The summed E-state index contributed by atoms with van der Waals surface area (Å²) in [5.74, 6) is -1.37. The van der Waals surface area contributed by atoms with Gasteiger partial charge in [0.15, 0.2) is 23.7 Å². The number of amides is 2. The average Bonchev–Trinajstić information content (AvgIpc) is 2.72. The van der Waals surface area contributed by atoms with Crippen molar-refractivity contribution in [3.63, 3.8) is 0 Å². The topological polar surface area (TPSA) is 141 Å². The number of ketones is 1. The van der Waals surface area contributed by atoms with E-state index < -0.39 is 34.1 Å². The molecule has 0 bridgehead atoms. The number of ether oxygens (including phenoxy) is 2. The van der Waals surface area contributed by atoms with E-state index in [9.17, 15) is 24.5 Å². The molecule has 1 N–H and O–H groups in total. The van der Waals surface area contributed by atoms with E-state index in [4.69, 9.17) is 9.47 Å². The predicted octanol–water partition coefficient (Wildman–Crippen LogP) is 2.10. The second-order valence-corrected chi connectivity index (χ2v) is 7.62. The summed E-state index contributed by atoms with van der Waals surface area (Å²) in [6, 6.07) is 6.00. The average molecular weight is 426 g/mol. The lowest BCUT2D eigenvalue weighted by Crippen LogP contribution is -2.57. The molecule has 2 aromatic rings. The maximum atomic E-state index is 13.2. The molecule has 0 spiro atoms. The predicted molar refractivity (Wildman–Crippen MR) is 107 cm³/mol. The number of rotatable bonds is 4. The normalized spacial score (nSPS) is 17.5. The Labute approximate surface area is 176 Å². The second-order valence-electron chi connectivity index (χ2n) is 7.62. The molecular weight excluding hydrogens is 408 g/mol. The van der Waals surface area contributed by atoms with Gasteiger partial charge in [-0.25, -0.2) is 0 Å². The van der Waals surface area contributed by atoms with Gasteiger partial charge in [0, 0.05) is 11.6 Å².